The summed E-state index contributed by atoms with van der Waals surface area (Å²) < 4.78 is 40.5. The molecule has 29 heavy (non-hydrogen) atoms. The predicted octanol–water partition coefficient (Wildman–Crippen LogP) is 2.94. The summed E-state index contributed by atoms with van der Waals surface area (Å²) in [4.78, 5) is 24.8. The smallest absolute Gasteiger partial charge is 0.273 e. The zero-order chi connectivity index (χ0) is 20.8. The van der Waals surface area contributed by atoms with E-state index in [1.807, 2.05) is 0 Å². The molecule has 9 heteroatoms. The molecule has 1 aromatic heterocycles. The Balaban J connectivity index is 1.52. The number of amides is 2. The molecule has 0 radical (unpaired) electrons. The Hall–Kier alpha value is -2.68. The van der Waals surface area contributed by atoms with E-state index < -0.39 is 21.6 Å². The van der Waals surface area contributed by atoms with E-state index >= 15 is 0 Å². The normalized spacial score (nSPS) is 25.3. The average molecular weight is 419 g/mol. The van der Waals surface area contributed by atoms with Crippen LogP contribution in [0, 0.1) is 5.92 Å². The van der Waals surface area contributed by atoms with Gasteiger partial charge < -0.3 is 10.6 Å². The number of carbonyl (C=O) groups is 2. The van der Waals surface area contributed by atoms with Crippen LogP contribution < -0.4 is 10.6 Å². The summed E-state index contributed by atoms with van der Waals surface area (Å²) in [5, 5.41) is 5.40. The molecule has 0 unspecified atom stereocenters. The van der Waals surface area contributed by atoms with Gasteiger partial charge in [-0.1, -0.05) is 0 Å². The van der Waals surface area contributed by atoms with E-state index in [-0.39, 0.29) is 33.7 Å². The van der Waals surface area contributed by atoms with Crippen LogP contribution in [0.4, 0.5) is 10.1 Å². The van der Waals surface area contributed by atoms with Gasteiger partial charge in [-0.3, -0.25) is 9.59 Å². The second-order valence-electron chi connectivity index (χ2n) is 7.93. The first-order valence-electron chi connectivity index (χ1n) is 9.53. The minimum absolute atomic E-state index is 0.00404. The molecular weight excluding hydrogens is 397 g/mol. The Bertz CT molecular complexity index is 1080. The highest BCUT2D eigenvalue weighted by Gasteiger charge is 2.32. The molecule has 2 amide bonds. The molecule has 4 rings (SSSR count). The topological polar surface area (TPSA) is 97.3 Å². The largest absolute Gasteiger partial charge is 0.352 e. The van der Waals surface area contributed by atoms with E-state index in [9.17, 15) is 22.4 Å². The number of nitrogens with one attached hydrogen (secondary N) is 2. The fourth-order valence-corrected chi connectivity index (χ4v) is 5.33. The summed E-state index contributed by atoms with van der Waals surface area (Å²) in [5.41, 5.74) is -0.807. The van der Waals surface area contributed by atoms with Crippen molar-refractivity contribution in [3.05, 3.63) is 47.8 Å². The van der Waals surface area contributed by atoms with E-state index in [1.54, 1.807) is 6.92 Å². The molecule has 2 heterocycles. The van der Waals surface area contributed by atoms with Gasteiger partial charge in [0.1, 0.15) is 16.3 Å². The van der Waals surface area contributed by atoms with Gasteiger partial charge in [0.05, 0.1) is 5.69 Å². The van der Waals surface area contributed by atoms with Crippen molar-refractivity contribution in [2.75, 3.05) is 11.9 Å². The van der Waals surface area contributed by atoms with Gasteiger partial charge in [0, 0.05) is 18.3 Å². The Morgan fingerprint density at radius 2 is 2.03 bits per heavy atom. The molecule has 7 nitrogen and oxygen atoms in total. The number of carbonyl (C=O) groups excluding carboxylic acids is 2. The van der Waals surface area contributed by atoms with E-state index in [0.29, 0.717) is 32.2 Å². The number of benzene rings is 1. The molecule has 154 valence electrons. The first kappa shape index (κ1) is 19.6. The fourth-order valence-electron chi connectivity index (χ4n) is 3.86. The molecule has 1 saturated carbocycles. The Morgan fingerprint density at radius 1 is 1.31 bits per heavy atom. The SMILES string of the molecule is CC1(F)CCC(CNC(=O)c2ccc3c(c2)NC(=O)c2cccn2S3(=O)=O)CC1. The molecular formula is C20H22FN3O4S. The van der Waals surface area contributed by atoms with Gasteiger partial charge in [-0.15, -0.1) is 0 Å². The van der Waals surface area contributed by atoms with Crippen LogP contribution in [0.2, 0.25) is 0 Å². The summed E-state index contributed by atoms with van der Waals surface area (Å²) in [7, 11) is -3.94. The quantitative estimate of drug-likeness (QED) is 0.799. The minimum Gasteiger partial charge on any atom is -0.352 e. The number of rotatable bonds is 3. The fraction of sp³-hybridized carbons (Fsp3) is 0.400. The van der Waals surface area contributed by atoms with Crippen molar-refractivity contribution in [1.29, 1.82) is 0 Å². The number of hydrogen-bond donors (Lipinski definition) is 2. The standard InChI is InChI=1S/C20H22FN3O4S/c1-20(21)8-6-13(7-9-20)12-22-18(25)14-4-5-17-15(11-14)23-19(26)16-3-2-10-24(16)29(17,27)28/h2-5,10-11,13H,6-9,12H2,1H3,(H,22,25)(H,23,26). The number of halogens is 1. The summed E-state index contributed by atoms with van der Waals surface area (Å²) in [5.74, 6) is -0.710. The van der Waals surface area contributed by atoms with E-state index in [1.165, 1.54) is 36.5 Å². The lowest BCUT2D eigenvalue weighted by molar-refractivity contribution is 0.0892. The lowest BCUT2D eigenvalue weighted by Gasteiger charge is -2.31. The van der Waals surface area contributed by atoms with Gasteiger partial charge in [0.15, 0.2) is 0 Å². The highest BCUT2D eigenvalue weighted by atomic mass is 32.2. The molecule has 0 spiro atoms. The summed E-state index contributed by atoms with van der Waals surface area (Å²) in [6.45, 7) is 2.04. The molecule has 1 aliphatic heterocycles. The molecule has 2 aliphatic rings. The second kappa shape index (κ2) is 6.98. The molecule has 0 atom stereocenters. The lowest BCUT2D eigenvalue weighted by Crippen LogP contribution is -2.34. The zero-order valence-corrected chi connectivity index (χ0v) is 16.8. The molecule has 1 fully saturated rings. The number of nitrogens with zero attached hydrogens (tertiary/aromatic N) is 1. The summed E-state index contributed by atoms with van der Waals surface area (Å²) in [6, 6.07) is 7.01. The third kappa shape index (κ3) is 3.66. The van der Waals surface area contributed by atoms with Crippen molar-refractivity contribution in [2.24, 2.45) is 5.92 Å². The summed E-state index contributed by atoms with van der Waals surface area (Å²) in [6.07, 6.45) is 3.70. The first-order valence-corrected chi connectivity index (χ1v) is 11.0. The third-order valence-corrected chi connectivity index (χ3v) is 7.42. The van der Waals surface area contributed by atoms with Crippen LogP contribution in [0.5, 0.6) is 0 Å². The van der Waals surface area contributed by atoms with Gasteiger partial charge in [-0.2, -0.15) is 0 Å². The number of hydrogen-bond acceptors (Lipinski definition) is 4. The predicted molar refractivity (Wildman–Crippen MR) is 105 cm³/mol. The van der Waals surface area contributed by atoms with Crippen LogP contribution in [-0.2, 0) is 10.0 Å². The van der Waals surface area contributed by atoms with Crippen molar-refractivity contribution in [1.82, 2.24) is 9.29 Å². The number of anilines is 1. The van der Waals surface area contributed by atoms with Gasteiger partial charge in [-0.25, -0.2) is 16.8 Å². The van der Waals surface area contributed by atoms with E-state index in [2.05, 4.69) is 10.6 Å². The zero-order valence-electron chi connectivity index (χ0n) is 15.9. The van der Waals surface area contributed by atoms with Crippen molar-refractivity contribution in [3.63, 3.8) is 0 Å². The molecule has 0 bridgehead atoms. The Kier molecular flexibility index (Phi) is 4.72. The van der Waals surface area contributed by atoms with Crippen molar-refractivity contribution < 1.29 is 22.4 Å². The molecule has 0 saturated heterocycles. The Labute approximate surface area is 168 Å². The Morgan fingerprint density at radius 3 is 2.76 bits per heavy atom. The van der Waals surface area contributed by atoms with Crippen molar-refractivity contribution in [2.45, 2.75) is 43.2 Å². The summed E-state index contributed by atoms with van der Waals surface area (Å²) >= 11 is 0. The minimum atomic E-state index is -3.94. The van der Waals surface area contributed by atoms with Gasteiger partial charge in [-0.05, 0) is 68.9 Å². The molecule has 1 aliphatic carbocycles. The van der Waals surface area contributed by atoms with Gasteiger partial charge >= 0.3 is 0 Å². The lowest BCUT2D eigenvalue weighted by atomic mass is 9.81. The van der Waals surface area contributed by atoms with E-state index in [0.717, 1.165) is 3.97 Å². The van der Waals surface area contributed by atoms with Crippen LogP contribution >= 0.6 is 0 Å². The highest BCUT2D eigenvalue weighted by molar-refractivity contribution is 7.90. The van der Waals surface area contributed by atoms with E-state index in [4.69, 9.17) is 0 Å². The number of aromatic nitrogens is 1. The highest BCUT2D eigenvalue weighted by Crippen LogP contribution is 2.34. The van der Waals surface area contributed by atoms with Gasteiger partial charge in [0.25, 0.3) is 21.8 Å². The molecule has 2 N–H and O–H groups in total. The monoisotopic (exact) mass is 419 g/mol. The number of fused-ring (bicyclic) bond motifs is 2. The molecule has 2 aromatic rings. The molecule has 1 aromatic carbocycles. The van der Waals surface area contributed by atoms with Crippen LogP contribution in [-0.4, -0.2) is 36.4 Å². The van der Waals surface area contributed by atoms with Crippen LogP contribution in [0.15, 0.2) is 41.4 Å². The van der Waals surface area contributed by atoms with Crippen LogP contribution in [0.25, 0.3) is 0 Å². The van der Waals surface area contributed by atoms with Crippen LogP contribution in [0.3, 0.4) is 0 Å². The number of alkyl halides is 1. The first-order chi connectivity index (χ1) is 13.7. The van der Waals surface area contributed by atoms with Gasteiger partial charge in [0.2, 0.25) is 0 Å². The third-order valence-electron chi connectivity index (χ3n) is 5.67. The maximum absolute atomic E-state index is 13.9. The maximum Gasteiger partial charge on any atom is 0.273 e. The maximum atomic E-state index is 13.9. The van der Waals surface area contributed by atoms with Crippen molar-refractivity contribution in [3.8, 4) is 0 Å². The average Bonchev–Trinajstić information content (AvgIpc) is 3.15. The van der Waals surface area contributed by atoms with Crippen LogP contribution in [0.1, 0.15) is 53.5 Å². The van der Waals surface area contributed by atoms with Crippen molar-refractivity contribution >= 4 is 27.5 Å². The second-order valence-corrected chi connectivity index (χ2v) is 9.71.